The molecule has 1 aromatic heterocycles. The van der Waals surface area contributed by atoms with E-state index in [2.05, 4.69) is 16.4 Å². The highest BCUT2D eigenvalue weighted by Gasteiger charge is 2.22. The lowest BCUT2D eigenvalue weighted by Gasteiger charge is -2.27. The summed E-state index contributed by atoms with van der Waals surface area (Å²) in [6, 6.07) is 9.63. The number of hydrogen-bond acceptors (Lipinski definition) is 5. The van der Waals surface area contributed by atoms with Crippen molar-refractivity contribution in [2.24, 2.45) is 0 Å². The summed E-state index contributed by atoms with van der Waals surface area (Å²) in [5, 5.41) is 3.41. The van der Waals surface area contributed by atoms with Gasteiger partial charge in [0.05, 0.1) is 12.6 Å². The van der Waals surface area contributed by atoms with Crippen molar-refractivity contribution < 1.29 is 9.53 Å². The maximum atomic E-state index is 12.1. The fraction of sp³-hybridized carbons (Fsp3) is 0.333. The van der Waals surface area contributed by atoms with Gasteiger partial charge in [0.1, 0.15) is 11.4 Å². The number of fused-ring (bicyclic) bond motifs is 1. The van der Waals surface area contributed by atoms with Gasteiger partial charge in [0.2, 0.25) is 0 Å². The van der Waals surface area contributed by atoms with E-state index in [0.29, 0.717) is 18.0 Å². The number of carbonyl (C=O) groups is 1. The number of nitrogen functional groups attached to an aromatic ring is 1. The molecule has 1 unspecified atom stereocenters. The van der Waals surface area contributed by atoms with Crippen LogP contribution in [0.4, 0.5) is 11.5 Å². The van der Waals surface area contributed by atoms with Crippen molar-refractivity contribution in [2.75, 3.05) is 17.7 Å². The minimum Gasteiger partial charge on any atom is -0.462 e. The van der Waals surface area contributed by atoms with Crippen molar-refractivity contribution in [3.63, 3.8) is 0 Å². The Balaban J connectivity index is 1.88. The van der Waals surface area contributed by atoms with Gasteiger partial charge in [0.25, 0.3) is 0 Å². The SMILES string of the molecule is CCOC(=O)c1cccnc1NC1CCCc2cc(N)ccc21. The molecule has 2 aromatic rings. The maximum Gasteiger partial charge on any atom is 0.341 e. The minimum absolute atomic E-state index is 0.127. The molecule has 0 bridgehead atoms. The number of esters is 1. The number of rotatable bonds is 4. The van der Waals surface area contributed by atoms with E-state index < -0.39 is 0 Å². The van der Waals surface area contributed by atoms with Gasteiger partial charge < -0.3 is 15.8 Å². The standard InChI is InChI=1S/C18H21N3O2/c1-2-23-18(22)15-6-4-10-20-17(15)21-16-7-3-5-12-11-13(19)8-9-14(12)16/h4,6,8-11,16H,2-3,5,7,19H2,1H3,(H,20,21). The molecular weight excluding hydrogens is 290 g/mol. The Hall–Kier alpha value is -2.56. The highest BCUT2D eigenvalue weighted by Crippen LogP contribution is 2.33. The van der Waals surface area contributed by atoms with Crippen LogP contribution in [0.3, 0.4) is 0 Å². The molecule has 0 spiro atoms. The first-order valence-corrected chi connectivity index (χ1v) is 7.96. The van der Waals surface area contributed by atoms with E-state index in [1.807, 2.05) is 12.1 Å². The number of pyridine rings is 1. The number of nitrogens with two attached hydrogens (primary N) is 1. The summed E-state index contributed by atoms with van der Waals surface area (Å²) in [5.74, 6) is 0.220. The lowest BCUT2D eigenvalue weighted by molar-refractivity contribution is 0.0527. The van der Waals surface area contributed by atoms with Gasteiger partial charge in [-0.25, -0.2) is 9.78 Å². The normalized spacial score (nSPS) is 16.5. The lowest BCUT2D eigenvalue weighted by Crippen LogP contribution is -2.20. The van der Waals surface area contributed by atoms with Crippen LogP contribution in [0.1, 0.15) is 47.3 Å². The molecule has 1 aliphatic rings. The van der Waals surface area contributed by atoms with Crippen LogP contribution in [0.15, 0.2) is 36.5 Å². The van der Waals surface area contributed by atoms with Crippen molar-refractivity contribution in [1.29, 1.82) is 0 Å². The predicted molar refractivity (Wildman–Crippen MR) is 90.3 cm³/mol. The predicted octanol–water partition coefficient (Wildman–Crippen LogP) is 3.33. The van der Waals surface area contributed by atoms with Gasteiger partial charge in [-0.1, -0.05) is 6.07 Å². The summed E-state index contributed by atoms with van der Waals surface area (Å²) in [4.78, 5) is 16.4. The molecule has 0 radical (unpaired) electrons. The van der Waals surface area contributed by atoms with Crippen LogP contribution in [-0.2, 0) is 11.2 Å². The van der Waals surface area contributed by atoms with Crippen LogP contribution in [0.25, 0.3) is 0 Å². The number of nitrogens with zero attached hydrogens (tertiary/aromatic N) is 1. The highest BCUT2D eigenvalue weighted by atomic mass is 16.5. The molecule has 0 aliphatic heterocycles. The quantitative estimate of drug-likeness (QED) is 0.669. The molecule has 0 saturated carbocycles. The van der Waals surface area contributed by atoms with Crippen molar-refractivity contribution in [2.45, 2.75) is 32.2 Å². The second-order valence-corrected chi connectivity index (χ2v) is 5.67. The Kier molecular flexibility index (Phi) is 4.46. The monoisotopic (exact) mass is 311 g/mol. The zero-order valence-electron chi connectivity index (χ0n) is 13.2. The zero-order valence-corrected chi connectivity index (χ0v) is 13.2. The molecule has 0 saturated heterocycles. The van der Waals surface area contributed by atoms with Crippen LogP contribution < -0.4 is 11.1 Å². The second-order valence-electron chi connectivity index (χ2n) is 5.67. The van der Waals surface area contributed by atoms with E-state index in [4.69, 9.17) is 10.5 Å². The second kappa shape index (κ2) is 6.69. The highest BCUT2D eigenvalue weighted by molar-refractivity contribution is 5.94. The number of aryl methyl sites for hydroxylation is 1. The molecule has 5 nitrogen and oxygen atoms in total. The molecular formula is C18H21N3O2. The molecule has 3 rings (SSSR count). The Morgan fingerprint density at radius 3 is 3.13 bits per heavy atom. The van der Waals surface area contributed by atoms with Crippen LogP contribution in [0.5, 0.6) is 0 Å². The fourth-order valence-corrected chi connectivity index (χ4v) is 3.04. The molecule has 1 aliphatic carbocycles. The first-order valence-electron chi connectivity index (χ1n) is 7.96. The van der Waals surface area contributed by atoms with Crippen molar-refractivity contribution >= 4 is 17.5 Å². The Bertz CT molecular complexity index is 715. The van der Waals surface area contributed by atoms with Gasteiger partial charge in [-0.05, 0) is 61.6 Å². The number of nitrogens with one attached hydrogen (secondary N) is 1. The van der Waals surface area contributed by atoms with E-state index in [-0.39, 0.29) is 12.0 Å². The lowest BCUT2D eigenvalue weighted by atomic mass is 9.87. The third-order valence-electron chi connectivity index (χ3n) is 4.10. The molecule has 0 amide bonds. The van der Waals surface area contributed by atoms with E-state index in [9.17, 15) is 4.79 Å². The smallest absolute Gasteiger partial charge is 0.341 e. The number of hydrogen-bond donors (Lipinski definition) is 2. The van der Waals surface area contributed by atoms with Gasteiger partial charge in [0.15, 0.2) is 0 Å². The summed E-state index contributed by atoms with van der Waals surface area (Å²) in [6.45, 7) is 2.14. The van der Waals surface area contributed by atoms with Gasteiger partial charge in [-0.15, -0.1) is 0 Å². The third-order valence-corrected chi connectivity index (χ3v) is 4.10. The van der Waals surface area contributed by atoms with Gasteiger partial charge in [-0.3, -0.25) is 0 Å². The van der Waals surface area contributed by atoms with Crippen LogP contribution in [0, 0.1) is 0 Å². The van der Waals surface area contributed by atoms with E-state index in [0.717, 1.165) is 24.9 Å². The van der Waals surface area contributed by atoms with Gasteiger partial charge in [0, 0.05) is 11.9 Å². The zero-order chi connectivity index (χ0) is 16.2. The number of ether oxygens (including phenoxy) is 1. The summed E-state index contributed by atoms with van der Waals surface area (Å²) >= 11 is 0. The molecule has 5 heteroatoms. The van der Waals surface area contributed by atoms with Crippen molar-refractivity contribution in [3.05, 3.63) is 53.2 Å². The third kappa shape index (κ3) is 3.28. The summed E-state index contributed by atoms with van der Waals surface area (Å²) in [7, 11) is 0. The van der Waals surface area contributed by atoms with E-state index in [1.165, 1.54) is 11.1 Å². The molecule has 1 heterocycles. The molecule has 120 valence electrons. The molecule has 23 heavy (non-hydrogen) atoms. The number of aromatic nitrogens is 1. The first kappa shape index (κ1) is 15.3. The summed E-state index contributed by atoms with van der Waals surface area (Å²) in [6.07, 6.45) is 4.79. The van der Waals surface area contributed by atoms with Crippen molar-refractivity contribution in [1.82, 2.24) is 4.98 Å². The topological polar surface area (TPSA) is 77.2 Å². The number of carbonyl (C=O) groups excluding carboxylic acids is 1. The Morgan fingerprint density at radius 2 is 2.30 bits per heavy atom. The van der Waals surface area contributed by atoms with Gasteiger partial charge in [-0.2, -0.15) is 0 Å². The molecule has 3 N–H and O–H groups in total. The molecule has 1 aromatic carbocycles. The van der Waals surface area contributed by atoms with Crippen molar-refractivity contribution in [3.8, 4) is 0 Å². The fourth-order valence-electron chi connectivity index (χ4n) is 3.04. The Morgan fingerprint density at radius 1 is 1.43 bits per heavy atom. The average Bonchev–Trinajstić information content (AvgIpc) is 2.55. The number of benzene rings is 1. The van der Waals surface area contributed by atoms with Gasteiger partial charge >= 0.3 is 5.97 Å². The maximum absolute atomic E-state index is 12.1. The van der Waals surface area contributed by atoms with E-state index >= 15 is 0 Å². The van der Waals surface area contributed by atoms with Crippen LogP contribution >= 0.6 is 0 Å². The summed E-state index contributed by atoms with van der Waals surface area (Å²) < 4.78 is 5.11. The largest absolute Gasteiger partial charge is 0.462 e. The molecule has 1 atom stereocenters. The Labute approximate surface area is 135 Å². The minimum atomic E-state index is -0.351. The van der Waals surface area contributed by atoms with Crippen LogP contribution in [-0.4, -0.2) is 17.6 Å². The average molecular weight is 311 g/mol. The van der Waals surface area contributed by atoms with E-state index in [1.54, 1.807) is 25.3 Å². The van der Waals surface area contributed by atoms with Crippen LogP contribution in [0.2, 0.25) is 0 Å². The summed E-state index contributed by atoms with van der Waals surface area (Å²) in [5.41, 5.74) is 9.63. The number of anilines is 2. The first-order chi connectivity index (χ1) is 11.2. The molecule has 0 fully saturated rings.